The van der Waals surface area contributed by atoms with Crippen LogP contribution in [0.2, 0.25) is 15.1 Å². The van der Waals surface area contributed by atoms with Crippen LogP contribution >= 0.6 is 34.8 Å². The van der Waals surface area contributed by atoms with Gasteiger partial charge < -0.3 is 9.47 Å². The van der Waals surface area contributed by atoms with Crippen molar-refractivity contribution in [2.45, 2.75) is 6.61 Å². The highest BCUT2D eigenvalue weighted by molar-refractivity contribution is 6.32. The second kappa shape index (κ2) is 7.80. The molecule has 0 saturated carbocycles. The molecule has 0 aliphatic heterocycles. The van der Waals surface area contributed by atoms with Gasteiger partial charge in [-0.25, -0.2) is 0 Å². The summed E-state index contributed by atoms with van der Waals surface area (Å²) in [5.41, 5.74) is 1.01. The largest absolute Gasteiger partial charge is 0.487 e. The zero-order valence-corrected chi connectivity index (χ0v) is 14.8. The van der Waals surface area contributed by atoms with Crippen molar-refractivity contribution < 1.29 is 9.47 Å². The molecule has 0 fully saturated rings. The van der Waals surface area contributed by atoms with Crippen LogP contribution in [-0.2, 0) is 6.61 Å². The molecule has 0 aliphatic rings. The van der Waals surface area contributed by atoms with Crippen LogP contribution in [0.25, 0.3) is 0 Å². The Bertz CT molecular complexity index is 815. The van der Waals surface area contributed by atoms with Crippen LogP contribution in [0.15, 0.2) is 66.7 Å². The van der Waals surface area contributed by atoms with Crippen molar-refractivity contribution in [3.63, 3.8) is 0 Å². The summed E-state index contributed by atoms with van der Waals surface area (Å²) in [4.78, 5) is 0. The summed E-state index contributed by atoms with van der Waals surface area (Å²) in [6.45, 7) is 0.411. The summed E-state index contributed by atoms with van der Waals surface area (Å²) in [7, 11) is 0. The predicted molar refractivity (Wildman–Crippen MR) is 98.8 cm³/mol. The van der Waals surface area contributed by atoms with Crippen LogP contribution < -0.4 is 9.47 Å². The summed E-state index contributed by atoms with van der Waals surface area (Å²) in [6.07, 6.45) is 0. The molecule has 0 amide bonds. The van der Waals surface area contributed by atoms with Crippen molar-refractivity contribution in [1.29, 1.82) is 0 Å². The number of halogens is 3. The number of benzene rings is 3. The fourth-order valence-electron chi connectivity index (χ4n) is 2.04. The third kappa shape index (κ3) is 4.57. The van der Waals surface area contributed by atoms with Gasteiger partial charge in [-0.3, -0.25) is 0 Å². The molecule has 0 saturated heterocycles. The zero-order valence-electron chi connectivity index (χ0n) is 12.5. The number of ether oxygens (including phenoxy) is 2. The Labute approximate surface area is 155 Å². The Morgan fingerprint density at radius 1 is 0.667 bits per heavy atom. The maximum Gasteiger partial charge on any atom is 0.138 e. The average molecular weight is 380 g/mol. The van der Waals surface area contributed by atoms with Crippen molar-refractivity contribution in [3.05, 3.63) is 87.4 Å². The highest BCUT2D eigenvalue weighted by Crippen LogP contribution is 2.32. The van der Waals surface area contributed by atoms with Crippen molar-refractivity contribution >= 4 is 34.8 Å². The van der Waals surface area contributed by atoms with Gasteiger partial charge in [0.1, 0.15) is 23.9 Å². The standard InChI is InChI=1S/C19H13Cl3O2/c20-14-3-1-13(2-4-14)12-23-19-10-9-17(11-18(19)22)24-16-7-5-15(21)6-8-16/h1-11H,12H2. The third-order valence-corrected chi connectivity index (χ3v) is 4.06. The predicted octanol–water partition coefficient (Wildman–Crippen LogP) is 7.02. The molecule has 3 rings (SSSR count). The van der Waals surface area contributed by atoms with Crippen LogP contribution in [0.3, 0.4) is 0 Å². The first-order chi connectivity index (χ1) is 11.6. The lowest BCUT2D eigenvalue weighted by Gasteiger charge is -2.11. The molecule has 0 radical (unpaired) electrons. The molecule has 0 unspecified atom stereocenters. The number of hydrogen-bond acceptors (Lipinski definition) is 2. The van der Waals surface area contributed by atoms with E-state index in [0.29, 0.717) is 38.9 Å². The van der Waals surface area contributed by atoms with E-state index in [9.17, 15) is 0 Å². The first-order valence-electron chi connectivity index (χ1n) is 7.20. The highest BCUT2D eigenvalue weighted by atomic mass is 35.5. The number of rotatable bonds is 5. The average Bonchev–Trinajstić information content (AvgIpc) is 2.58. The van der Waals surface area contributed by atoms with Crippen molar-refractivity contribution in [1.82, 2.24) is 0 Å². The minimum Gasteiger partial charge on any atom is -0.487 e. The summed E-state index contributed by atoms with van der Waals surface area (Å²) >= 11 is 18.0. The maximum atomic E-state index is 6.27. The Morgan fingerprint density at radius 3 is 1.88 bits per heavy atom. The smallest absolute Gasteiger partial charge is 0.138 e. The quantitative estimate of drug-likeness (QED) is 0.474. The van der Waals surface area contributed by atoms with Gasteiger partial charge in [0, 0.05) is 16.1 Å². The van der Waals surface area contributed by atoms with Gasteiger partial charge in [-0.05, 0) is 54.1 Å². The molecule has 24 heavy (non-hydrogen) atoms. The highest BCUT2D eigenvalue weighted by Gasteiger charge is 2.06. The molecule has 0 aromatic heterocycles. The van der Waals surface area contributed by atoms with E-state index in [4.69, 9.17) is 44.3 Å². The van der Waals surface area contributed by atoms with Gasteiger partial charge in [0.15, 0.2) is 0 Å². The van der Waals surface area contributed by atoms with Gasteiger partial charge in [-0.1, -0.05) is 46.9 Å². The fourth-order valence-corrected chi connectivity index (χ4v) is 2.52. The van der Waals surface area contributed by atoms with Gasteiger partial charge in [0.25, 0.3) is 0 Å². The van der Waals surface area contributed by atoms with E-state index in [1.807, 2.05) is 24.3 Å². The molecule has 0 bridgehead atoms. The Kier molecular flexibility index (Phi) is 5.52. The fraction of sp³-hybridized carbons (Fsp3) is 0.0526. The van der Waals surface area contributed by atoms with E-state index in [1.54, 1.807) is 42.5 Å². The van der Waals surface area contributed by atoms with Gasteiger partial charge in [-0.2, -0.15) is 0 Å². The topological polar surface area (TPSA) is 18.5 Å². The van der Waals surface area contributed by atoms with Crippen LogP contribution in [0, 0.1) is 0 Å². The minimum absolute atomic E-state index is 0.411. The Balaban J connectivity index is 1.65. The minimum atomic E-state index is 0.411. The van der Waals surface area contributed by atoms with E-state index in [-0.39, 0.29) is 0 Å². The summed E-state index contributed by atoms with van der Waals surface area (Å²) < 4.78 is 11.5. The SMILES string of the molecule is Clc1ccc(COc2ccc(Oc3ccc(Cl)cc3)cc2Cl)cc1. The molecule has 0 heterocycles. The lowest BCUT2D eigenvalue weighted by atomic mass is 10.2. The third-order valence-electron chi connectivity index (χ3n) is 3.26. The Hall–Kier alpha value is -1.87. The first-order valence-corrected chi connectivity index (χ1v) is 8.34. The normalized spacial score (nSPS) is 10.5. The molecular formula is C19H13Cl3O2. The van der Waals surface area contributed by atoms with Crippen molar-refractivity contribution in [3.8, 4) is 17.2 Å². The van der Waals surface area contributed by atoms with Crippen LogP contribution in [-0.4, -0.2) is 0 Å². The van der Waals surface area contributed by atoms with E-state index < -0.39 is 0 Å². The van der Waals surface area contributed by atoms with Gasteiger partial charge >= 0.3 is 0 Å². The molecule has 122 valence electrons. The Morgan fingerprint density at radius 2 is 1.25 bits per heavy atom. The van der Waals surface area contributed by atoms with Crippen LogP contribution in [0.1, 0.15) is 5.56 Å². The molecule has 0 aliphatic carbocycles. The lowest BCUT2D eigenvalue weighted by Crippen LogP contribution is -1.96. The van der Waals surface area contributed by atoms with E-state index in [2.05, 4.69) is 0 Å². The van der Waals surface area contributed by atoms with Crippen LogP contribution in [0.4, 0.5) is 0 Å². The van der Waals surface area contributed by atoms with Crippen molar-refractivity contribution in [2.75, 3.05) is 0 Å². The molecule has 5 heteroatoms. The molecule has 2 nitrogen and oxygen atoms in total. The van der Waals surface area contributed by atoms with E-state index in [1.165, 1.54) is 0 Å². The van der Waals surface area contributed by atoms with Gasteiger partial charge in [0.05, 0.1) is 5.02 Å². The maximum absolute atomic E-state index is 6.27. The van der Waals surface area contributed by atoms with Gasteiger partial charge in [0.2, 0.25) is 0 Å². The summed E-state index contributed by atoms with van der Waals surface area (Å²) in [5, 5.41) is 1.84. The second-order valence-electron chi connectivity index (χ2n) is 5.06. The van der Waals surface area contributed by atoms with Crippen LogP contribution in [0.5, 0.6) is 17.2 Å². The monoisotopic (exact) mass is 378 g/mol. The lowest BCUT2D eigenvalue weighted by molar-refractivity contribution is 0.306. The first kappa shape index (κ1) is 17.0. The summed E-state index contributed by atoms with van der Waals surface area (Å²) in [5.74, 6) is 1.90. The van der Waals surface area contributed by atoms with Crippen molar-refractivity contribution in [2.24, 2.45) is 0 Å². The van der Waals surface area contributed by atoms with E-state index >= 15 is 0 Å². The second-order valence-corrected chi connectivity index (χ2v) is 6.34. The molecule has 0 N–H and O–H groups in total. The molecular weight excluding hydrogens is 367 g/mol. The summed E-state index contributed by atoms with van der Waals surface area (Å²) in [6, 6.07) is 19.9. The zero-order chi connectivity index (χ0) is 16.9. The molecule has 3 aromatic rings. The molecule has 3 aromatic carbocycles. The molecule has 0 atom stereocenters. The number of hydrogen-bond donors (Lipinski definition) is 0. The molecule has 0 spiro atoms. The van der Waals surface area contributed by atoms with Gasteiger partial charge in [-0.15, -0.1) is 0 Å². The van der Waals surface area contributed by atoms with E-state index in [0.717, 1.165) is 5.56 Å².